The summed E-state index contributed by atoms with van der Waals surface area (Å²) in [5.74, 6) is -0.503. The fraction of sp³-hybridized carbons (Fsp3) is 0.533. The summed E-state index contributed by atoms with van der Waals surface area (Å²) in [6.45, 7) is 1.77. The highest BCUT2D eigenvalue weighted by molar-refractivity contribution is 6.30. The second-order valence-electron chi connectivity index (χ2n) is 5.67. The highest BCUT2D eigenvalue weighted by Gasteiger charge is 2.34. The maximum Gasteiger partial charge on any atom is 0.239 e. The third kappa shape index (κ3) is 3.25. The van der Waals surface area contributed by atoms with Crippen LogP contribution < -0.4 is 5.32 Å². The molecule has 3 rings (SSSR count). The van der Waals surface area contributed by atoms with Crippen molar-refractivity contribution in [1.29, 1.82) is 0 Å². The van der Waals surface area contributed by atoms with E-state index in [1.54, 1.807) is 11.0 Å². The van der Waals surface area contributed by atoms with E-state index in [0.717, 1.165) is 5.56 Å². The minimum absolute atomic E-state index is 0.0296. The zero-order valence-corrected chi connectivity index (χ0v) is 12.7. The molecular weight excluding hydrogens is 311 g/mol. The lowest BCUT2D eigenvalue weighted by Crippen LogP contribution is -2.49. The maximum atomic E-state index is 13.2. The van der Waals surface area contributed by atoms with Crippen molar-refractivity contribution in [3.05, 3.63) is 34.6 Å². The molecule has 22 heavy (non-hydrogen) atoms. The molecule has 3 atom stereocenters. The van der Waals surface area contributed by atoms with Crippen molar-refractivity contribution < 1.29 is 19.0 Å². The van der Waals surface area contributed by atoms with Crippen molar-refractivity contribution >= 4 is 17.5 Å². The fourth-order valence-electron chi connectivity index (χ4n) is 2.89. The summed E-state index contributed by atoms with van der Waals surface area (Å²) in [5, 5.41) is 12.6. The first-order valence-electron chi connectivity index (χ1n) is 7.31. The average Bonchev–Trinajstić information content (AvgIpc) is 2.96. The number of halogens is 2. The second kappa shape index (κ2) is 6.50. The van der Waals surface area contributed by atoms with Crippen LogP contribution in [0.4, 0.5) is 4.39 Å². The molecule has 5 nitrogen and oxygen atoms in total. The molecule has 2 aliphatic heterocycles. The van der Waals surface area contributed by atoms with Crippen LogP contribution in [0.1, 0.15) is 18.1 Å². The van der Waals surface area contributed by atoms with Gasteiger partial charge < -0.3 is 20.1 Å². The quantitative estimate of drug-likeness (QED) is 0.853. The van der Waals surface area contributed by atoms with Gasteiger partial charge in [-0.25, -0.2) is 4.39 Å². The Kier molecular flexibility index (Phi) is 4.63. The van der Waals surface area contributed by atoms with Gasteiger partial charge in [0.05, 0.1) is 30.3 Å². The van der Waals surface area contributed by atoms with Gasteiger partial charge in [0.15, 0.2) is 0 Å². The predicted octanol–water partition coefficient (Wildman–Crippen LogP) is 1.10. The number of carbonyl (C=O) groups is 1. The predicted molar refractivity (Wildman–Crippen MR) is 79.1 cm³/mol. The van der Waals surface area contributed by atoms with Crippen LogP contribution in [0, 0.1) is 5.82 Å². The highest BCUT2D eigenvalue weighted by Crippen LogP contribution is 2.26. The van der Waals surface area contributed by atoms with E-state index < -0.39 is 11.9 Å². The smallest absolute Gasteiger partial charge is 0.239 e. The van der Waals surface area contributed by atoms with Gasteiger partial charge in [0.25, 0.3) is 0 Å². The number of aliphatic hydroxyl groups excluding tert-OH is 1. The number of β-amino-alcohol motifs (C(OH)–C–C–N with tert-alkyl or cyclic N) is 1. The van der Waals surface area contributed by atoms with Gasteiger partial charge in [-0.2, -0.15) is 0 Å². The van der Waals surface area contributed by atoms with Crippen LogP contribution in [0.5, 0.6) is 0 Å². The lowest BCUT2D eigenvalue weighted by Gasteiger charge is -2.34. The molecule has 7 heteroatoms. The van der Waals surface area contributed by atoms with Gasteiger partial charge in [-0.05, 0) is 24.1 Å². The first-order valence-corrected chi connectivity index (χ1v) is 7.69. The summed E-state index contributed by atoms with van der Waals surface area (Å²) in [4.78, 5) is 14.2. The summed E-state index contributed by atoms with van der Waals surface area (Å²) < 4.78 is 18.9. The topological polar surface area (TPSA) is 61.8 Å². The van der Waals surface area contributed by atoms with Crippen molar-refractivity contribution in [2.45, 2.75) is 24.7 Å². The minimum atomic E-state index is -0.474. The molecule has 2 fully saturated rings. The molecule has 0 aliphatic carbocycles. The fourth-order valence-corrected chi connectivity index (χ4v) is 3.08. The first kappa shape index (κ1) is 15.7. The number of ether oxygens (including phenoxy) is 1. The molecule has 0 aromatic heterocycles. The van der Waals surface area contributed by atoms with Crippen LogP contribution in [-0.2, 0) is 9.53 Å². The van der Waals surface area contributed by atoms with Gasteiger partial charge in [-0.15, -0.1) is 0 Å². The zero-order valence-electron chi connectivity index (χ0n) is 12.0. The number of nitrogens with zero attached hydrogens (tertiary/aromatic N) is 1. The standard InChI is InChI=1S/C15H18ClFN2O3/c16-11-5-9(1-2-12(11)17)14-8-19(3-4-22-14)15(21)13-6-10(20)7-18-13/h1-2,5,10,13-14,18,20H,3-4,6-8H2/t10-,13-,14+/m0/s1. The van der Waals surface area contributed by atoms with Gasteiger partial charge >= 0.3 is 0 Å². The lowest BCUT2D eigenvalue weighted by molar-refractivity contribution is -0.141. The van der Waals surface area contributed by atoms with Gasteiger partial charge in [0.1, 0.15) is 11.9 Å². The van der Waals surface area contributed by atoms with Crippen molar-refractivity contribution in [1.82, 2.24) is 10.2 Å². The Labute approximate surface area is 133 Å². The summed E-state index contributed by atoms with van der Waals surface area (Å²) in [5.41, 5.74) is 0.753. The number of amides is 1. The van der Waals surface area contributed by atoms with Crippen molar-refractivity contribution in [2.75, 3.05) is 26.2 Å². The zero-order chi connectivity index (χ0) is 15.7. The molecule has 2 saturated heterocycles. The van der Waals surface area contributed by atoms with Crippen molar-refractivity contribution in [3.8, 4) is 0 Å². The molecule has 120 valence electrons. The van der Waals surface area contributed by atoms with Crippen LogP contribution in [0.2, 0.25) is 5.02 Å². The van der Waals surface area contributed by atoms with Gasteiger partial charge in [-0.1, -0.05) is 17.7 Å². The molecule has 0 bridgehead atoms. The number of aliphatic hydroxyl groups is 1. The van der Waals surface area contributed by atoms with Gasteiger partial charge in [-0.3, -0.25) is 4.79 Å². The van der Waals surface area contributed by atoms with E-state index in [9.17, 15) is 14.3 Å². The summed E-state index contributed by atoms with van der Waals surface area (Å²) >= 11 is 5.80. The molecule has 0 spiro atoms. The maximum absolute atomic E-state index is 13.2. The summed E-state index contributed by atoms with van der Waals surface area (Å²) in [6, 6.07) is 4.12. The molecule has 1 amide bonds. The van der Waals surface area contributed by atoms with Crippen molar-refractivity contribution in [2.24, 2.45) is 0 Å². The number of morpholine rings is 1. The molecule has 1 aromatic carbocycles. The molecular formula is C15H18ClFN2O3. The van der Waals surface area contributed by atoms with E-state index >= 15 is 0 Å². The van der Waals surface area contributed by atoms with E-state index in [1.807, 2.05) is 0 Å². The summed E-state index contributed by atoms with van der Waals surface area (Å²) in [7, 11) is 0. The van der Waals surface area contributed by atoms with Crippen LogP contribution in [0.15, 0.2) is 18.2 Å². The van der Waals surface area contributed by atoms with E-state index in [4.69, 9.17) is 16.3 Å². The molecule has 2 aliphatic rings. The number of nitrogens with one attached hydrogen (secondary N) is 1. The van der Waals surface area contributed by atoms with Crippen molar-refractivity contribution in [3.63, 3.8) is 0 Å². The van der Waals surface area contributed by atoms with E-state index in [0.29, 0.717) is 32.7 Å². The molecule has 2 N–H and O–H groups in total. The number of benzene rings is 1. The van der Waals surface area contributed by atoms with Gasteiger partial charge in [0, 0.05) is 13.1 Å². The molecule has 1 aromatic rings. The normalized spacial score (nSPS) is 28.9. The third-order valence-electron chi connectivity index (χ3n) is 4.10. The third-order valence-corrected chi connectivity index (χ3v) is 4.39. The van der Waals surface area contributed by atoms with E-state index in [2.05, 4.69) is 5.32 Å². The Morgan fingerprint density at radius 3 is 3.00 bits per heavy atom. The Morgan fingerprint density at radius 2 is 2.32 bits per heavy atom. The van der Waals surface area contributed by atoms with Crippen LogP contribution in [0.25, 0.3) is 0 Å². The Balaban J connectivity index is 1.68. The summed E-state index contributed by atoms with van der Waals surface area (Å²) in [6.07, 6.45) is -0.354. The average molecular weight is 329 g/mol. The number of hydrogen-bond acceptors (Lipinski definition) is 4. The minimum Gasteiger partial charge on any atom is -0.392 e. The number of rotatable bonds is 2. The van der Waals surface area contributed by atoms with Gasteiger partial charge in [0.2, 0.25) is 5.91 Å². The first-order chi connectivity index (χ1) is 10.5. The molecule has 0 radical (unpaired) electrons. The molecule has 2 heterocycles. The second-order valence-corrected chi connectivity index (χ2v) is 6.07. The van der Waals surface area contributed by atoms with E-state index in [1.165, 1.54) is 12.1 Å². The Hall–Kier alpha value is -1.21. The number of carbonyl (C=O) groups excluding carboxylic acids is 1. The largest absolute Gasteiger partial charge is 0.392 e. The van der Waals surface area contributed by atoms with Crippen LogP contribution in [-0.4, -0.2) is 54.3 Å². The SMILES string of the molecule is O=C([C@@H]1C[C@H](O)CN1)N1CCO[C@@H](c2ccc(F)c(Cl)c2)C1. The lowest BCUT2D eigenvalue weighted by atomic mass is 10.1. The molecule has 0 unspecified atom stereocenters. The molecule has 0 saturated carbocycles. The Bertz CT molecular complexity index is 572. The van der Waals surface area contributed by atoms with Crippen LogP contribution in [0.3, 0.4) is 0 Å². The Morgan fingerprint density at radius 1 is 1.50 bits per heavy atom. The van der Waals surface area contributed by atoms with Crippen LogP contribution >= 0.6 is 11.6 Å². The monoisotopic (exact) mass is 328 g/mol. The highest BCUT2D eigenvalue weighted by atomic mass is 35.5. The van der Waals surface area contributed by atoms with E-state index in [-0.39, 0.29) is 23.1 Å². The number of hydrogen-bond donors (Lipinski definition) is 2.